The van der Waals surface area contributed by atoms with Gasteiger partial charge in [0.1, 0.15) is 5.52 Å². The highest BCUT2D eigenvalue weighted by molar-refractivity contribution is 5.95. The summed E-state index contributed by atoms with van der Waals surface area (Å²) in [6.45, 7) is 5.16. The number of hydrogen-bond donors (Lipinski definition) is 1. The van der Waals surface area contributed by atoms with Crippen molar-refractivity contribution >= 4 is 22.9 Å². The van der Waals surface area contributed by atoms with Crippen LogP contribution in [0.5, 0.6) is 0 Å². The number of benzene rings is 3. The van der Waals surface area contributed by atoms with E-state index >= 15 is 0 Å². The Morgan fingerprint density at radius 1 is 1.12 bits per heavy atom. The van der Waals surface area contributed by atoms with Gasteiger partial charge in [0.15, 0.2) is 5.58 Å². The number of fused-ring (bicyclic) bond motifs is 1. The number of rotatable bonds is 6. The molecule has 0 spiro atoms. The van der Waals surface area contributed by atoms with Crippen LogP contribution < -0.4 is 5.32 Å². The van der Waals surface area contributed by atoms with Gasteiger partial charge in [-0.3, -0.25) is 9.59 Å². The molecule has 1 atom stereocenters. The van der Waals surface area contributed by atoms with Gasteiger partial charge in [-0.05, 0) is 79.3 Å². The Kier molecular flexibility index (Phi) is 8.03. The second-order valence-corrected chi connectivity index (χ2v) is 10.8. The molecule has 1 aliphatic rings. The van der Waals surface area contributed by atoms with Crippen LogP contribution in [0.1, 0.15) is 70.0 Å². The van der Waals surface area contributed by atoms with Crippen LogP contribution in [0.3, 0.4) is 0 Å². The summed E-state index contributed by atoms with van der Waals surface area (Å²) in [6.07, 6.45) is -3.04. The van der Waals surface area contributed by atoms with Crippen molar-refractivity contribution in [2.24, 2.45) is 5.92 Å². The molecule has 1 unspecified atom stereocenters. The molecule has 7 nitrogen and oxygen atoms in total. The summed E-state index contributed by atoms with van der Waals surface area (Å²) < 4.78 is 45.3. The monoisotopic (exact) mass is 574 g/mol. The van der Waals surface area contributed by atoms with E-state index in [1.54, 1.807) is 35.2 Å². The van der Waals surface area contributed by atoms with Gasteiger partial charge < -0.3 is 14.6 Å². The van der Waals surface area contributed by atoms with E-state index < -0.39 is 17.6 Å². The third-order valence-electron chi connectivity index (χ3n) is 7.46. The molecule has 3 aromatic carbocycles. The second-order valence-electron chi connectivity index (χ2n) is 10.8. The molecule has 0 saturated carbocycles. The molecular formula is C32H29F3N4O3. The Labute approximate surface area is 241 Å². The summed E-state index contributed by atoms with van der Waals surface area (Å²) in [4.78, 5) is 31.9. The van der Waals surface area contributed by atoms with Crippen molar-refractivity contribution in [3.05, 3.63) is 88.5 Å². The van der Waals surface area contributed by atoms with Crippen molar-refractivity contribution in [3.8, 4) is 17.5 Å². The highest BCUT2D eigenvalue weighted by atomic mass is 19.4. The molecule has 2 amide bonds. The smallest absolute Gasteiger partial charge is 0.416 e. The number of carbonyl (C=O) groups is 2. The maximum absolute atomic E-state index is 13.1. The van der Waals surface area contributed by atoms with Gasteiger partial charge in [0.25, 0.3) is 11.8 Å². The van der Waals surface area contributed by atoms with Crippen LogP contribution in [-0.2, 0) is 6.18 Å². The first-order chi connectivity index (χ1) is 20.0. The van der Waals surface area contributed by atoms with E-state index in [4.69, 9.17) is 4.42 Å². The average Bonchev–Trinajstić information content (AvgIpc) is 3.43. The minimum Gasteiger partial charge on any atom is -0.436 e. The van der Waals surface area contributed by atoms with E-state index in [2.05, 4.69) is 16.4 Å². The number of nitriles is 1. The lowest BCUT2D eigenvalue weighted by Gasteiger charge is -2.33. The number of halogens is 3. The van der Waals surface area contributed by atoms with Crippen molar-refractivity contribution in [2.75, 3.05) is 19.6 Å². The first-order valence-corrected chi connectivity index (χ1v) is 13.7. The Bertz CT molecular complexity index is 1670. The zero-order valence-electron chi connectivity index (χ0n) is 23.2. The normalized spacial score (nSPS) is 15.5. The number of hydrogen-bond acceptors (Lipinski definition) is 5. The average molecular weight is 575 g/mol. The summed E-state index contributed by atoms with van der Waals surface area (Å²) in [5.41, 5.74) is 2.92. The van der Waals surface area contributed by atoms with Crippen LogP contribution in [0, 0.1) is 17.2 Å². The third kappa shape index (κ3) is 6.15. The molecule has 0 aliphatic carbocycles. The summed E-state index contributed by atoms with van der Waals surface area (Å²) in [5.74, 6) is -0.216. The minimum atomic E-state index is -4.52. The van der Waals surface area contributed by atoms with Crippen molar-refractivity contribution < 1.29 is 27.2 Å². The lowest BCUT2D eigenvalue weighted by molar-refractivity contribution is -0.137. The van der Waals surface area contributed by atoms with Gasteiger partial charge in [0.05, 0.1) is 17.2 Å². The topological polar surface area (TPSA) is 99.2 Å². The van der Waals surface area contributed by atoms with E-state index in [0.717, 1.165) is 24.1 Å². The summed E-state index contributed by atoms with van der Waals surface area (Å²) in [7, 11) is 0. The van der Waals surface area contributed by atoms with Crippen molar-refractivity contribution in [1.82, 2.24) is 15.2 Å². The van der Waals surface area contributed by atoms with Crippen molar-refractivity contribution in [2.45, 2.75) is 38.8 Å². The van der Waals surface area contributed by atoms with Crippen LogP contribution in [0.4, 0.5) is 13.2 Å². The van der Waals surface area contributed by atoms with Gasteiger partial charge in [-0.25, -0.2) is 4.98 Å². The molecule has 5 rings (SSSR count). The largest absolute Gasteiger partial charge is 0.436 e. The zero-order chi connectivity index (χ0) is 30.0. The predicted molar refractivity (Wildman–Crippen MR) is 151 cm³/mol. The molecule has 0 radical (unpaired) electrons. The van der Waals surface area contributed by atoms with Crippen LogP contribution in [-0.4, -0.2) is 41.3 Å². The van der Waals surface area contributed by atoms with E-state index in [1.165, 1.54) is 12.1 Å². The van der Waals surface area contributed by atoms with Crippen LogP contribution in [0.15, 0.2) is 65.1 Å². The van der Waals surface area contributed by atoms with Gasteiger partial charge >= 0.3 is 6.18 Å². The molecule has 1 N–H and O–H groups in total. The number of carbonyl (C=O) groups excluding carboxylic acids is 2. The lowest BCUT2D eigenvalue weighted by Crippen LogP contribution is -2.43. The molecule has 1 fully saturated rings. The van der Waals surface area contributed by atoms with Crippen molar-refractivity contribution in [3.63, 3.8) is 0 Å². The Balaban J connectivity index is 1.21. The summed E-state index contributed by atoms with van der Waals surface area (Å²) in [5, 5.41) is 12.3. The number of oxazole rings is 1. The fourth-order valence-corrected chi connectivity index (χ4v) is 5.21. The summed E-state index contributed by atoms with van der Waals surface area (Å²) in [6, 6.07) is 16.9. The van der Waals surface area contributed by atoms with Gasteiger partial charge in [0, 0.05) is 41.9 Å². The predicted octanol–water partition coefficient (Wildman–Crippen LogP) is 6.79. The quantitative estimate of drug-likeness (QED) is 0.273. The van der Waals surface area contributed by atoms with Crippen LogP contribution >= 0.6 is 0 Å². The van der Waals surface area contributed by atoms with Crippen molar-refractivity contribution in [1.29, 1.82) is 5.26 Å². The van der Waals surface area contributed by atoms with E-state index in [-0.39, 0.29) is 23.3 Å². The molecule has 0 bridgehead atoms. The molecular weight excluding hydrogens is 545 g/mol. The Hall–Kier alpha value is -4.65. The SMILES string of the molecule is CC(C)c1cc(C#N)cc2nc(-c3ccc(C(=O)NCC4CCCN(C(=O)c5cccc(C(F)(F)F)c5)C4)cc3)oc12. The highest BCUT2D eigenvalue weighted by Crippen LogP contribution is 2.32. The fraction of sp³-hybridized carbons (Fsp3) is 0.312. The number of amides is 2. The highest BCUT2D eigenvalue weighted by Gasteiger charge is 2.32. The molecule has 1 aromatic heterocycles. The summed E-state index contributed by atoms with van der Waals surface area (Å²) >= 11 is 0. The fourth-order valence-electron chi connectivity index (χ4n) is 5.21. The lowest BCUT2D eigenvalue weighted by atomic mass is 9.97. The van der Waals surface area contributed by atoms with Crippen LogP contribution in [0.25, 0.3) is 22.6 Å². The molecule has 4 aromatic rings. The number of piperidine rings is 1. The maximum Gasteiger partial charge on any atom is 0.416 e. The second kappa shape index (κ2) is 11.7. The van der Waals surface area contributed by atoms with Gasteiger partial charge in [-0.1, -0.05) is 19.9 Å². The molecule has 1 saturated heterocycles. The Morgan fingerprint density at radius 3 is 2.57 bits per heavy atom. The minimum absolute atomic E-state index is 0.000484. The molecule has 216 valence electrons. The number of aromatic nitrogens is 1. The number of alkyl halides is 3. The molecule has 42 heavy (non-hydrogen) atoms. The third-order valence-corrected chi connectivity index (χ3v) is 7.46. The Morgan fingerprint density at radius 2 is 1.88 bits per heavy atom. The molecule has 2 heterocycles. The maximum atomic E-state index is 13.1. The van der Waals surface area contributed by atoms with Crippen LogP contribution in [0.2, 0.25) is 0 Å². The molecule has 1 aliphatic heterocycles. The number of likely N-dealkylation sites (tertiary alicyclic amines) is 1. The standard InChI is InChI=1S/C32H29F3N4O3/c1-19(2)26-13-21(16-36)14-27-28(26)42-30(38-27)23-10-8-22(9-11-23)29(40)37-17-20-5-4-12-39(18-20)31(41)24-6-3-7-25(15-24)32(33,34)35/h3,6-11,13-15,19-20H,4-5,12,17-18H2,1-2H3,(H,37,40). The molecule has 10 heteroatoms. The first kappa shape index (κ1) is 28.9. The zero-order valence-corrected chi connectivity index (χ0v) is 23.2. The van der Waals surface area contributed by atoms with E-state index in [0.29, 0.717) is 59.7 Å². The van der Waals surface area contributed by atoms with Gasteiger partial charge in [0.2, 0.25) is 5.89 Å². The van der Waals surface area contributed by atoms with Gasteiger partial charge in [-0.15, -0.1) is 0 Å². The number of nitrogens with one attached hydrogen (secondary N) is 1. The first-order valence-electron chi connectivity index (χ1n) is 13.7. The number of nitrogens with zero attached hydrogens (tertiary/aromatic N) is 3. The van der Waals surface area contributed by atoms with Gasteiger partial charge in [-0.2, -0.15) is 18.4 Å². The van der Waals surface area contributed by atoms with E-state index in [1.807, 2.05) is 19.9 Å². The van der Waals surface area contributed by atoms with E-state index in [9.17, 15) is 28.0 Å².